The molecule has 0 aliphatic rings. The number of nitrogens with zero attached hydrogens (tertiary/aromatic N) is 2. The van der Waals surface area contributed by atoms with Crippen LogP contribution in [0.2, 0.25) is 0 Å². The first kappa shape index (κ1) is 26.8. The van der Waals surface area contributed by atoms with Crippen molar-refractivity contribution in [2.24, 2.45) is 0 Å². The van der Waals surface area contributed by atoms with E-state index in [4.69, 9.17) is 9.97 Å². The van der Waals surface area contributed by atoms with Crippen LogP contribution in [0.1, 0.15) is 0 Å². The van der Waals surface area contributed by atoms with Crippen LogP contribution in [0.25, 0.3) is 98.4 Å². The summed E-state index contributed by atoms with van der Waals surface area (Å²) in [4.78, 5) is 9.94. The Morgan fingerprint density at radius 2 is 1.00 bits per heavy atom. The highest BCUT2D eigenvalue weighted by molar-refractivity contribution is 6.21. The zero-order valence-corrected chi connectivity index (χ0v) is 26.1. The number of rotatable bonds is 3. The number of hydrogen-bond donors (Lipinski definition) is 0. The molecule has 0 fully saturated rings. The predicted molar refractivity (Wildman–Crippen MR) is 203 cm³/mol. The van der Waals surface area contributed by atoms with Gasteiger partial charge in [-0.25, -0.2) is 4.98 Å². The van der Waals surface area contributed by atoms with Crippen LogP contribution in [0.15, 0.2) is 170 Å². The monoisotopic (exact) mass is 608 g/mol. The van der Waals surface area contributed by atoms with Crippen molar-refractivity contribution in [2.45, 2.75) is 0 Å². The van der Waals surface area contributed by atoms with Gasteiger partial charge < -0.3 is 0 Å². The Kier molecular flexibility index (Phi) is 5.91. The SMILES string of the molecule is c1ccc(-c2ccc3ccc4c(-c5ccc(-c6c7ccccc7nc7c6ccc6cccnc67)c6ccccc56)cccc4c3c2)cc1. The second kappa shape index (κ2) is 10.6. The second-order valence-electron chi connectivity index (χ2n) is 12.5. The molecule has 2 heterocycles. The molecule has 0 unspecified atom stereocenters. The Bertz CT molecular complexity index is 2890. The smallest absolute Gasteiger partial charge is 0.0978 e. The van der Waals surface area contributed by atoms with Gasteiger partial charge in [-0.2, -0.15) is 0 Å². The number of hydrogen-bond acceptors (Lipinski definition) is 2. The molecule has 0 aliphatic heterocycles. The summed E-state index contributed by atoms with van der Waals surface area (Å²) in [6, 6.07) is 59.2. The van der Waals surface area contributed by atoms with Crippen molar-refractivity contribution >= 4 is 65.0 Å². The molecular formula is C46H28N2. The minimum Gasteiger partial charge on any atom is -0.254 e. The van der Waals surface area contributed by atoms with E-state index in [0.717, 1.165) is 32.7 Å². The topological polar surface area (TPSA) is 25.8 Å². The van der Waals surface area contributed by atoms with E-state index in [9.17, 15) is 0 Å². The molecule has 0 N–H and O–H groups in total. The first-order valence-electron chi connectivity index (χ1n) is 16.4. The Morgan fingerprint density at radius 3 is 1.90 bits per heavy atom. The van der Waals surface area contributed by atoms with Crippen molar-refractivity contribution < 1.29 is 0 Å². The van der Waals surface area contributed by atoms with E-state index >= 15 is 0 Å². The summed E-state index contributed by atoms with van der Waals surface area (Å²) in [5.41, 5.74) is 10.2. The molecule has 0 bridgehead atoms. The molecule has 0 aliphatic carbocycles. The van der Waals surface area contributed by atoms with Crippen molar-refractivity contribution in [3.05, 3.63) is 170 Å². The van der Waals surface area contributed by atoms with Gasteiger partial charge in [0.1, 0.15) is 0 Å². The highest BCUT2D eigenvalue weighted by Crippen LogP contribution is 2.44. The number of fused-ring (bicyclic) bond motifs is 8. The van der Waals surface area contributed by atoms with Gasteiger partial charge in [0.05, 0.1) is 16.6 Å². The van der Waals surface area contributed by atoms with Crippen LogP contribution in [0, 0.1) is 0 Å². The maximum Gasteiger partial charge on any atom is 0.0978 e. The van der Waals surface area contributed by atoms with E-state index in [0.29, 0.717) is 0 Å². The maximum absolute atomic E-state index is 5.16. The predicted octanol–water partition coefficient (Wildman–Crippen LogP) is 12.4. The lowest BCUT2D eigenvalue weighted by atomic mass is 9.87. The zero-order chi connectivity index (χ0) is 31.6. The van der Waals surface area contributed by atoms with Crippen molar-refractivity contribution in [3.8, 4) is 33.4 Å². The molecule has 222 valence electrons. The van der Waals surface area contributed by atoms with Gasteiger partial charge in [-0.1, -0.05) is 146 Å². The fraction of sp³-hybridized carbons (Fsp3) is 0. The lowest BCUT2D eigenvalue weighted by molar-refractivity contribution is 1.40. The van der Waals surface area contributed by atoms with Crippen LogP contribution >= 0.6 is 0 Å². The third kappa shape index (κ3) is 4.06. The number of aromatic nitrogens is 2. The van der Waals surface area contributed by atoms with E-state index in [1.807, 2.05) is 12.3 Å². The van der Waals surface area contributed by atoms with Gasteiger partial charge in [0.2, 0.25) is 0 Å². The molecule has 0 amide bonds. The molecule has 0 atom stereocenters. The number of pyridine rings is 2. The summed E-state index contributed by atoms with van der Waals surface area (Å²) in [5.74, 6) is 0. The van der Waals surface area contributed by atoms with E-state index in [1.54, 1.807) is 0 Å². The Labute approximate surface area is 277 Å². The van der Waals surface area contributed by atoms with E-state index in [1.165, 1.54) is 65.7 Å². The van der Waals surface area contributed by atoms with Gasteiger partial charge in [-0.3, -0.25) is 4.98 Å². The summed E-state index contributed by atoms with van der Waals surface area (Å²) in [5, 5.41) is 10.8. The summed E-state index contributed by atoms with van der Waals surface area (Å²) in [7, 11) is 0. The first-order valence-corrected chi connectivity index (χ1v) is 16.4. The maximum atomic E-state index is 5.16. The van der Waals surface area contributed by atoms with Gasteiger partial charge in [0, 0.05) is 27.9 Å². The molecule has 2 heteroatoms. The van der Waals surface area contributed by atoms with E-state index < -0.39 is 0 Å². The van der Waals surface area contributed by atoms with Gasteiger partial charge in [0.25, 0.3) is 0 Å². The molecular weight excluding hydrogens is 581 g/mol. The lowest BCUT2D eigenvalue weighted by Crippen LogP contribution is -1.93. The number of para-hydroxylation sites is 1. The first-order chi connectivity index (χ1) is 23.8. The standard InChI is InChI=1S/C46H28N2/c1-2-10-29(11-3-1)32-20-19-30-21-23-37-34(16-8-17-36(37)42(30)28-32)38-25-26-39(35-14-5-4-13-33(35)38)44-40-15-6-7-18-43(40)48-46-41(44)24-22-31-12-9-27-47-45(31)46/h1-28H. The quantitative estimate of drug-likeness (QED) is 0.147. The molecule has 0 saturated carbocycles. The minimum absolute atomic E-state index is 0.932. The Hall–Kier alpha value is -6.38. The second-order valence-corrected chi connectivity index (χ2v) is 12.5. The Balaban J connectivity index is 1.24. The summed E-state index contributed by atoms with van der Waals surface area (Å²) in [6.45, 7) is 0. The zero-order valence-electron chi connectivity index (χ0n) is 26.1. The van der Waals surface area contributed by atoms with Crippen LogP contribution < -0.4 is 0 Å². The summed E-state index contributed by atoms with van der Waals surface area (Å²) < 4.78 is 0. The molecule has 0 radical (unpaired) electrons. The van der Waals surface area contributed by atoms with Gasteiger partial charge in [0.15, 0.2) is 0 Å². The lowest BCUT2D eigenvalue weighted by Gasteiger charge is -2.17. The summed E-state index contributed by atoms with van der Waals surface area (Å²) >= 11 is 0. The fourth-order valence-electron chi connectivity index (χ4n) is 7.67. The van der Waals surface area contributed by atoms with Gasteiger partial charge >= 0.3 is 0 Å². The average Bonchev–Trinajstić information content (AvgIpc) is 3.16. The normalized spacial score (nSPS) is 11.8. The molecule has 10 rings (SSSR count). The van der Waals surface area contributed by atoms with Gasteiger partial charge in [-0.05, 0) is 78.3 Å². The Morgan fingerprint density at radius 1 is 0.333 bits per heavy atom. The van der Waals surface area contributed by atoms with Crippen LogP contribution in [-0.4, -0.2) is 9.97 Å². The molecule has 2 aromatic heterocycles. The summed E-state index contributed by atoms with van der Waals surface area (Å²) in [6.07, 6.45) is 1.86. The van der Waals surface area contributed by atoms with Crippen LogP contribution in [0.4, 0.5) is 0 Å². The van der Waals surface area contributed by atoms with E-state index in [-0.39, 0.29) is 0 Å². The molecule has 8 aromatic carbocycles. The van der Waals surface area contributed by atoms with Crippen LogP contribution in [0.3, 0.4) is 0 Å². The van der Waals surface area contributed by atoms with Crippen molar-refractivity contribution in [1.29, 1.82) is 0 Å². The fourth-order valence-corrected chi connectivity index (χ4v) is 7.67. The largest absolute Gasteiger partial charge is 0.254 e. The molecule has 10 aromatic rings. The molecule has 48 heavy (non-hydrogen) atoms. The molecule has 0 spiro atoms. The van der Waals surface area contributed by atoms with Crippen molar-refractivity contribution in [2.75, 3.05) is 0 Å². The minimum atomic E-state index is 0.932. The van der Waals surface area contributed by atoms with Crippen molar-refractivity contribution in [1.82, 2.24) is 9.97 Å². The third-order valence-electron chi connectivity index (χ3n) is 9.89. The average molecular weight is 609 g/mol. The highest BCUT2D eigenvalue weighted by atomic mass is 14.7. The van der Waals surface area contributed by atoms with Crippen LogP contribution in [-0.2, 0) is 0 Å². The van der Waals surface area contributed by atoms with Crippen molar-refractivity contribution in [3.63, 3.8) is 0 Å². The highest BCUT2D eigenvalue weighted by Gasteiger charge is 2.18. The van der Waals surface area contributed by atoms with Gasteiger partial charge in [-0.15, -0.1) is 0 Å². The van der Waals surface area contributed by atoms with Crippen LogP contribution in [0.5, 0.6) is 0 Å². The van der Waals surface area contributed by atoms with E-state index in [2.05, 4.69) is 158 Å². The third-order valence-corrected chi connectivity index (χ3v) is 9.89. The molecule has 0 saturated heterocycles. The molecule has 2 nitrogen and oxygen atoms in total. The number of benzene rings is 8.